The van der Waals surface area contributed by atoms with Gasteiger partial charge in [0.2, 0.25) is 11.8 Å². The van der Waals surface area contributed by atoms with Crippen LogP contribution in [0.3, 0.4) is 0 Å². The van der Waals surface area contributed by atoms with Gasteiger partial charge in [-0.1, -0.05) is 35.9 Å². The van der Waals surface area contributed by atoms with Crippen LogP contribution in [0.1, 0.15) is 13.3 Å². The minimum atomic E-state index is -0.440. The summed E-state index contributed by atoms with van der Waals surface area (Å²) in [6.07, 6.45) is -0.314. The van der Waals surface area contributed by atoms with Gasteiger partial charge in [0, 0.05) is 0 Å². The van der Waals surface area contributed by atoms with Gasteiger partial charge >= 0.3 is 0 Å². The Hall–Kier alpha value is -2.53. The minimum Gasteiger partial charge on any atom is -0.492 e. The third-order valence-electron chi connectivity index (χ3n) is 2.93. The standard InChI is InChI=1S/C17H17ClN2O3/c1-2-23-15-10-6-5-9-14(15)20-17(22)11-16(21)19-13-8-4-3-7-12(13)18/h3-10H,2,11H2,1H3,(H,19,21)(H,20,22). The second-order valence-electron chi connectivity index (χ2n) is 4.68. The third kappa shape index (κ3) is 5.00. The number of para-hydroxylation sites is 3. The van der Waals surface area contributed by atoms with E-state index in [0.29, 0.717) is 28.8 Å². The Labute approximate surface area is 139 Å². The van der Waals surface area contributed by atoms with E-state index in [4.69, 9.17) is 16.3 Å². The highest BCUT2D eigenvalue weighted by molar-refractivity contribution is 6.33. The maximum absolute atomic E-state index is 12.0. The Bertz CT molecular complexity index is 704. The van der Waals surface area contributed by atoms with Crippen molar-refractivity contribution < 1.29 is 14.3 Å². The minimum absolute atomic E-state index is 0.314. The third-order valence-corrected chi connectivity index (χ3v) is 3.26. The lowest BCUT2D eigenvalue weighted by Crippen LogP contribution is -2.21. The normalized spacial score (nSPS) is 10.0. The van der Waals surface area contributed by atoms with Crippen molar-refractivity contribution in [3.63, 3.8) is 0 Å². The summed E-state index contributed by atoms with van der Waals surface area (Å²) in [5, 5.41) is 5.69. The molecule has 2 rings (SSSR count). The van der Waals surface area contributed by atoms with Crippen LogP contribution in [0.2, 0.25) is 5.02 Å². The van der Waals surface area contributed by atoms with Gasteiger partial charge in [-0.05, 0) is 31.2 Å². The zero-order valence-corrected chi connectivity index (χ0v) is 13.4. The van der Waals surface area contributed by atoms with E-state index in [9.17, 15) is 9.59 Å². The van der Waals surface area contributed by atoms with Crippen LogP contribution in [0.4, 0.5) is 11.4 Å². The first-order chi connectivity index (χ1) is 11.1. The van der Waals surface area contributed by atoms with Crippen LogP contribution in [0.5, 0.6) is 5.75 Å². The summed E-state index contributed by atoms with van der Waals surface area (Å²) >= 11 is 5.96. The molecule has 120 valence electrons. The topological polar surface area (TPSA) is 67.4 Å². The molecule has 5 nitrogen and oxygen atoms in total. The zero-order chi connectivity index (χ0) is 16.7. The summed E-state index contributed by atoms with van der Waals surface area (Å²) in [6, 6.07) is 13.9. The molecule has 2 aromatic carbocycles. The summed E-state index contributed by atoms with van der Waals surface area (Å²) in [6.45, 7) is 2.34. The maximum atomic E-state index is 12.0. The molecule has 0 saturated heterocycles. The SMILES string of the molecule is CCOc1ccccc1NC(=O)CC(=O)Nc1ccccc1Cl. The van der Waals surface area contributed by atoms with Gasteiger partial charge in [0.25, 0.3) is 0 Å². The zero-order valence-electron chi connectivity index (χ0n) is 12.6. The first-order valence-electron chi connectivity index (χ1n) is 7.16. The molecule has 2 aromatic rings. The molecular formula is C17H17ClN2O3. The number of rotatable bonds is 6. The van der Waals surface area contributed by atoms with Gasteiger partial charge in [-0.25, -0.2) is 0 Å². The first kappa shape index (κ1) is 16.8. The quantitative estimate of drug-likeness (QED) is 0.792. The van der Waals surface area contributed by atoms with Crippen LogP contribution in [0.25, 0.3) is 0 Å². The lowest BCUT2D eigenvalue weighted by molar-refractivity contribution is -0.123. The average Bonchev–Trinajstić information content (AvgIpc) is 2.51. The molecule has 0 aromatic heterocycles. The van der Waals surface area contributed by atoms with Gasteiger partial charge in [0.15, 0.2) is 0 Å². The van der Waals surface area contributed by atoms with Gasteiger partial charge in [-0.15, -0.1) is 0 Å². The Morgan fingerprint density at radius 1 is 0.957 bits per heavy atom. The summed E-state index contributed by atoms with van der Waals surface area (Å²) in [4.78, 5) is 23.9. The number of hydrogen-bond acceptors (Lipinski definition) is 3. The van der Waals surface area contributed by atoms with E-state index in [0.717, 1.165) is 0 Å². The van der Waals surface area contributed by atoms with Gasteiger partial charge in [0.05, 0.1) is 23.0 Å². The molecule has 0 atom stereocenters. The summed E-state index contributed by atoms with van der Waals surface area (Å²) in [7, 11) is 0. The number of amides is 2. The van der Waals surface area contributed by atoms with Gasteiger partial charge in [-0.2, -0.15) is 0 Å². The molecule has 2 amide bonds. The van der Waals surface area contributed by atoms with Crippen LogP contribution in [-0.4, -0.2) is 18.4 Å². The largest absolute Gasteiger partial charge is 0.492 e. The van der Waals surface area contributed by atoms with Crippen LogP contribution in [-0.2, 0) is 9.59 Å². The fourth-order valence-electron chi connectivity index (χ4n) is 1.95. The van der Waals surface area contributed by atoms with Crippen molar-refractivity contribution in [1.29, 1.82) is 0 Å². The van der Waals surface area contributed by atoms with Crippen LogP contribution >= 0.6 is 11.6 Å². The molecule has 0 aliphatic carbocycles. The van der Waals surface area contributed by atoms with E-state index in [2.05, 4.69) is 10.6 Å². The molecular weight excluding hydrogens is 316 g/mol. The number of nitrogens with one attached hydrogen (secondary N) is 2. The van der Waals surface area contributed by atoms with Crippen molar-refractivity contribution in [2.45, 2.75) is 13.3 Å². The molecule has 0 radical (unpaired) electrons. The monoisotopic (exact) mass is 332 g/mol. The Kier molecular flexibility index (Phi) is 6.00. The van der Waals surface area contributed by atoms with Crippen molar-refractivity contribution in [2.75, 3.05) is 17.2 Å². The number of carbonyl (C=O) groups is 2. The van der Waals surface area contributed by atoms with E-state index in [1.54, 1.807) is 42.5 Å². The van der Waals surface area contributed by atoms with E-state index < -0.39 is 11.8 Å². The van der Waals surface area contributed by atoms with Crippen molar-refractivity contribution in [1.82, 2.24) is 0 Å². The number of carbonyl (C=O) groups excluding carboxylic acids is 2. The molecule has 0 unspecified atom stereocenters. The van der Waals surface area contributed by atoms with E-state index in [1.807, 2.05) is 13.0 Å². The van der Waals surface area contributed by atoms with Crippen molar-refractivity contribution in [3.05, 3.63) is 53.6 Å². The van der Waals surface area contributed by atoms with E-state index >= 15 is 0 Å². The maximum Gasteiger partial charge on any atom is 0.233 e. The molecule has 2 N–H and O–H groups in total. The van der Waals surface area contributed by atoms with Crippen LogP contribution in [0.15, 0.2) is 48.5 Å². The van der Waals surface area contributed by atoms with Crippen LogP contribution in [0, 0.1) is 0 Å². The van der Waals surface area contributed by atoms with E-state index in [1.165, 1.54) is 0 Å². The Morgan fingerprint density at radius 2 is 1.52 bits per heavy atom. The predicted octanol–water partition coefficient (Wildman–Crippen LogP) is 3.71. The fourth-order valence-corrected chi connectivity index (χ4v) is 2.13. The smallest absolute Gasteiger partial charge is 0.233 e. The summed E-state index contributed by atoms with van der Waals surface area (Å²) in [5.74, 6) is -0.305. The molecule has 0 spiro atoms. The summed E-state index contributed by atoms with van der Waals surface area (Å²) in [5.41, 5.74) is 1.01. The number of hydrogen-bond donors (Lipinski definition) is 2. The van der Waals surface area contributed by atoms with Gasteiger partial charge < -0.3 is 15.4 Å². The number of halogens is 1. The first-order valence-corrected chi connectivity index (χ1v) is 7.54. The Morgan fingerprint density at radius 3 is 2.17 bits per heavy atom. The predicted molar refractivity (Wildman–Crippen MR) is 90.9 cm³/mol. The Balaban J connectivity index is 1.95. The second kappa shape index (κ2) is 8.19. The lowest BCUT2D eigenvalue weighted by atomic mass is 10.2. The average molecular weight is 333 g/mol. The van der Waals surface area contributed by atoms with Crippen LogP contribution < -0.4 is 15.4 Å². The summed E-state index contributed by atoms with van der Waals surface area (Å²) < 4.78 is 5.42. The molecule has 0 saturated carbocycles. The highest BCUT2D eigenvalue weighted by Crippen LogP contribution is 2.24. The lowest BCUT2D eigenvalue weighted by Gasteiger charge is -2.11. The van der Waals surface area contributed by atoms with Crippen molar-refractivity contribution >= 4 is 34.8 Å². The molecule has 6 heteroatoms. The van der Waals surface area contributed by atoms with E-state index in [-0.39, 0.29) is 6.42 Å². The van der Waals surface area contributed by atoms with Gasteiger partial charge in [0.1, 0.15) is 12.2 Å². The highest BCUT2D eigenvalue weighted by Gasteiger charge is 2.13. The second-order valence-corrected chi connectivity index (χ2v) is 5.09. The molecule has 0 heterocycles. The van der Waals surface area contributed by atoms with Gasteiger partial charge in [-0.3, -0.25) is 9.59 Å². The molecule has 23 heavy (non-hydrogen) atoms. The molecule has 0 aliphatic heterocycles. The van der Waals surface area contributed by atoms with Crippen molar-refractivity contribution in [2.24, 2.45) is 0 Å². The number of benzene rings is 2. The number of anilines is 2. The fraction of sp³-hybridized carbons (Fsp3) is 0.176. The van der Waals surface area contributed by atoms with Crippen molar-refractivity contribution in [3.8, 4) is 5.75 Å². The molecule has 0 fully saturated rings. The molecule has 0 bridgehead atoms. The highest BCUT2D eigenvalue weighted by atomic mass is 35.5. The molecule has 0 aliphatic rings. The number of ether oxygens (including phenoxy) is 1.